The zero-order valence-corrected chi connectivity index (χ0v) is 30.6. The van der Waals surface area contributed by atoms with Crippen LogP contribution in [0.3, 0.4) is 0 Å². The number of rotatable bonds is 17. The van der Waals surface area contributed by atoms with E-state index in [1.54, 1.807) is 0 Å². The number of hydrogen-bond acceptors (Lipinski definition) is 2. The molecule has 0 amide bonds. The summed E-state index contributed by atoms with van der Waals surface area (Å²) in [6.45, 7) is 23.5. The van der Waals surface area contributed by atoms with E-state index >= 15 is 0 Å². The molecule has 1 atom stereocenters. The summed E-state index contributed by atoms with van der Waals surface area (Å²) in [4.78, 5) is 4.28. The average Bonchev–Trinajstić information content (AvgIpc) is 3.17. The summed E-state index contributed by atoms with van der Waals surface area (Å²) in [6, 6.07) is 29.3. The second-order valence-electron chi connectivity index (χ2n) is 12.3. The Morgan fingerprint density at radius 2 is 1.27 bits per heavy atom. The molecule has 2 heteroatoms. The Hall–Kier alpha value is -5.86. The van der Waals surface area contributed by atoms with Gasteiger partial charge >= 0.3 is 0 Å². The lowest BCUT2D eigenvalue weighted by Crippen LogP contribution is -2.19. The summed E-state index contributed by atoms with van der Waals surface area (Å²) in [6.07, 6.45) is 33.0. The minimum Gasteiger partial charge on any atom is -0.311 e. The zero-order chi connectivity index (χ0) is 36.4. The first-order valence-corrected chi connectivity index (χ1v) is 17.7. The van der Waals surface area contributed by atoms with Crippen molar-refractivity contribution in [3.8, 4) is 0 Å². The molecule has 0 saturated heterocycles. The fourth-order valence-electron chi connectivity index (χ4n) is 5.83. The molecule has 258 valence electrons. The molecule has 0 saturated carbocycles. The number of allylic oxidation sites excluding steroid dienone is 17. The summed E-state index contributed by atoms with van der Waals surface area (Å²) in [7, 11) is 0. The first kappa shape index (κ1) is 38.0. The molecule has 1 aliphatic rings. The van der Waals surface area contributed by atoms with Crippen molar-refractivity contribution in [2.45, 2.75) is 40.0 Å². The molecule has 1 unspecified atom stereocenters. The maximum atomic E-state index is 4.46. The Morgan fingerprint density at radius 3 is 1.84 bits per heavy atom. The van der Waals surface area contributed by atoms with E-state index in [4.69, 9.17) is 0 Å². The Bertz CT molecular complexity index is 1890. The molecule has 0 fully saturated rings. The summed E-state index contributed by atoms with van der Waals surface area (Å²) in [5.74, 6) is 0.588. The van der Waals surface area contributed by atoms with Gasteiger partial charge in [0.15, 0.2) is 0 Å². The van der Waals surface area contributed by atoms with Crippen molar-refractivity contribution >= 4 is 22.6 Å². The van der Waals surface area contributed by atoms with E-state index in [9.17, 15) is 0 Å². The third kappa shape index (κ3) is 11.1. The second-order valence-corrected chi connectivity index (χ2v) is 12.3. The normalized spacial score (nSPS) is 14.9. The number of anilines is 3. The van der Waals surface area contributed by atoms with Gasteiger partial charge < -0.3 is 9.80 Å². The smallest absolute Gasteiger partial charge is 0.0461 e. The van der Waals surface area contributed by atoms with Crippen LogP contribution in [-0.4, -0.2) is 0 Å². The maximum absolute atomic E-state index is 4.46. The standard InChI is InChI=1S/C49H52N2/c1-8-11-12-13-16-22-43-31-33-44(34-32-43)45-35-37-49(38-36-45)51(48-25-19-15-20-26-48)42(7)30-28-40(5)39(4)27-29-41(6)50(46(10-3)21-9-2)47-23-17-14-18-24-47/h8-15,17-21,23-31,33-38,43H,4-7,16,22,32H2,1-3H3. The van der Waals surface area contributed by atoms with Crippen LogP contribution in [0.1, 0.15) is 45.6 Å². The molecule has 2 nitrogen and oxygen atoms in total. The topological polar surface area (TPSA) is 6.48 Å². The van der Waals surface area contributed by atoms with Crippen LogP contribution in [0.2, 0.25) is 0 Å². The van der Waals surface area contributed by atoms with Gasteiger partial charge in [-0.2, -0.15) is 0 Å². The van der Waals surface area contributed by atoms with Crippen LogP contribution in [0, 0.1) is 5.92 Å². The van der Waals surface area contributed by atoms with E-state index in [-0.39, 0.29) is 0 Å². The molecule has 3 aromatic carbocycles. The van der Waals surface area contributed by atoms with Crippen LogP contribution in [0.4, 0.5) is 17.1 Å². The number of hydrogen-bond donors (Lipinski definition) is 0. The lowest BCUT2D eigenvalue weighted by Gasteiger charge is -2.26. The lowest BCUT2D eigenvalue weighted by atomic mass is 9.90. The van der Waals surface area contributed by atoms with Gasteiger partial charge in [0.25, 0.3) is 0 Å². The van der Waals surface area contributed by atoms with Crippen molar-refractivity contribution < 1.29 is 0 Å². The Kier molecular flexibility index (Phi) is 14.9. The third-order valence-corrected chi connectivity index (χ3v) is 8.65. The SMILES string of the molecule is C=C(C=CC(=C)N(C(C=CC)=CC)c1ccccc1)C(=C)C=CC(=C)N(c1ccccc1)c1ccc(C2=CCC(CCC=CC=CC)C=C2)cc1. The molecule has 3 aromatic rings. The van der Waals surface area contributed by atoms with E-state index in [2.05, 4.69) is 139 Å². The lowest BCUT2D eigenvalue weighted by molar-refractivity contribution is 0.603. The van der Waals surface area contributed by atoms with Gasteiger partial charge in [-0.05, 0) is 123 Å². The van der Waals surface area contributed by atoms with Gasteiger partial charge in [-0.15, -0.1) is 0 Å². The Morgan fingerprint density at radius 1 is 0.667 bits per heavy atom. The van der Waals surface area contributed by atoms with Gasteiger partial charge in [0.1, 0.15) is 0 Å². The second kappa shape index (κ2) is 20.0. The van der Waals surface area contributed by atoms with E-state index in [1.807, 2.05) is 87.5 Å². The predicted molar refractivity (Wildman–Crippen MR) is 226 cm³/mol. The van der Waals surface area contributed by atoms with Crippen LogP contribution < -0.4 is 9.80 Å². The fourth-order valence-corrected chi connectivity index (χ4v) is 5.83. The Balaban J connectivity index is 1.45. The van der Waals surface area contributed by atoms with Gasteiger partial charge in [-0.1, -0.05) is 142 Å². The summed E-state index contributed by atoms with van der Waals surface area (Å²) in [5.41, 5.74) is 9.84. The van der Waals surface area contributed by atoms with Crippen LogP contribution in [0.15, 0.2) is 225 Å². The molecular formula is C49H52N2. The van der Waals surface area contributed by atoms with Crippen molar-refractivity contribution in [3.05, 3.63) is 230 Å². The van der Waals surface area contributed by atoms with E-state index in [0.717, 1.165) is 58.1 Å². The van der Waals surface area contributed by atoms with Crippen molar-refractivity contribution in [1.29, 1.82) is 0 Å². The summed E-state index contributed by atoms with van der Waals surface area (Å²) < 4.78 is 0. The van der Waals surface area contributed by atoms with Crippen LogP contribution in [-0.2, 0) is 0 Å². The monoisotopic (exact) mass is 668 g/mol. The first-order valence-electron chi connectivity index (χ1n) is 17.7. The molecule has 0 bridgehead atoms. The molecule has 1 aliphatic carbocycles. The van der Waals surface area contributed by atoms with Gasteiger partial charge in [0.05, 0.1) is 0 Å². The van der Waals surface area contributed by atoms with Crippen molar-refractivity contribution in [1.82, 2.24) is 0 Å². The van der Waals surface area contributed by atoms with Crippen molar-refractivity contribution in [3.63, 3.8) is 0 Å². The van der Waals surface area contributed by atoms with Gasteiger partial charge in [-0.25, -0.2) is 0 Å². The molecule has 0 aliphatic heterocycles. The first-order chi connectivity index (χ1) is 24.9. The fraction of sp³-hybridized carbons (Fsp3) is 0.143. The van der Waals surface area contributed by atoms with E-state index < -0.39 is 0 Å². The minimum absolute atomic E-state index is 0.588. The molecule has 0 spiro atoms. The molecule has 4 rings (SSSR count). The van der Waals surface area contributed by atoms with Gasteiger partial charge in [-0.3, -0.25) is 0 Å². The van der Waals surface area contributed by atoms with Crippen LogP contribution in [0.25, 0.3) is 5.57 Å². The molecular weight excluding hydrogens is 617 g/mol. The molecule has 51 heavy (non-hydrogen) atoms. The van der Waals surface area contributed by atoms with Crippen molar-refractivity contribution in [2.24, 2.45) is 5.92 Å². The highest BCUT2D eigenvalue weighted by atomic mass is 15.2. The summed E-state index contributed by atoms with van der Waals surface area (Å²) >= 11 is 0. The molecule has 0 N–H and O–H groups in total. The maximum Gasteiger partial charge on any atom is 0.0461 e. The highest BCUT2D eigenvalue weighted by Crippen LogP contribution is 2.33. The molecule has 0 aromatic heterocycles. The number of nitrogens with zero attached hydrogens (tertiary/aromatic N) is 2. The van der Waals surface area contributed by atoms with E-state index in [1.165, 1.54) is 17.6 Å². The average molecular weight is 669 g/mol. The number of para-hydroxylation sites is 2. The quantitative estimate of drug-likeness (QED) is 0.132. The molecule has 0 heterocycles. The minimum atomic E-state index is 0.588. The largest absolute Gasteiger partial charge is 0.311 e. The van der Waals surface area contributed by atoms with Gasteiger partial charge in [0, 0.05) is 34.2 Å². The third-order valence-electron chi connectivity index (χ3n) is 8.65. The summed E-state index contributed by atoms with van der Waals surface area (Å²) in [5, 5.41) is 0. The number of benzene rings is 3. The van der Waals surface area contributed by atoms with Crippen LogP contribution >= 0.6 is 0 Å². The molecule has 0 radical (unpaired) electrons. The zero-order valence-electron chi connectivity index (χ0n) is 30.6. The van der Waals surface area contributed by atoms with Crippen LogP contribution in [0.5, 0.6) is 0 Å². The highest BCUT2D eigenvalue weighted by Gasteiger charge is 2.14. The predicted octanol–water partition coefficient (Wildman–Crippen LogP) is 13.9. The highest BCUT2D eigenvalue weighted by molar-refractivity contribution is 5.78. The van der Waals surface area contributed by atoms with Crippen molar-refractivity contribution in [2.75, 3.05) is 9.80 Å². The van der Waals surface area contributed by atoms with E-state index in [0.29, 0.717) is 5.92 Å². The Labute approximate surface area is 307 Å². The van der Waals surface area contributed by atoms with Gasteiger partial charge in [0.2, 0.25) is 0 Å².